The number of rotatable bonds is 3. The van der Waals surface area contributed by atoms with Gasteiger partial charge < -0.3 is 19.8 Å². The van der Waals surface area contributed by atoms with Crippen molar-refractivity contribution in [2.45, 2.75) is 48.8 Å². The van der Waals surface area contributed by atoms with E-state index in [1.54, 1.807) is 6.07 Å². The normalized spacial score (nSPS) is 38.6. The van der Waals surface area contributed by atoms with E-state index in [9.17, 15) is 10.2 Å². The smallest absolute Gasteiger partial charge is 0.166 e. The minimum Gasteiger partial charge on any atom is -0.504 e. The van der Waals surface area contributed by atoms with Crippen molar-refractivity contribution in [2.75, 3.05) is 20.2 Å². The average Bonchev–Trinajstić information content (AvgIpc) is 2.97. The molecule has 1 aromatic carbocycles. The lowest BCUT2D eigenvalue weighted by Gasteiger charge is -2.62. The molecule has 5 rings (SSSR count). The maximum Gasteiger partial charge on any atom is 0.166 e. The van der Waals surface area contributed by atoms with E-state index in [2.05, 4.69) is 16.6 Å². The van der Waals surface area contributed by atoms with Crippen LogP contribution in [0.3, 0.4) is 0 Å². The molecular weight excluding hydrogens is 332 g/mol. The third-order valence-electron chi connectivity index (χ3n) is 6.96. The van der Waals surface area contributed by atoms with Crippen molar-refractivity contribution in [2.24, 2.45) is 5.16 Å². The van der Waals surface area contributed by atoms with Crippen LogP contribution in [-0.4, -0.2) is 58.8 Å². The molecule has 1 saturated heterocycles. The predicted molar refractivity (Wildman–Crippen MR) is 96.7 cm³/mol. The molecule has 2 N–H and O–H groups in total. The number of benzene rings is 1. The first-order chi connectivity index (χ1) is 12.6. The van der Waals surface area contributed by atoms with Gasteiger partial charge in [0.15, 0.2) is 17.6 Å². The Morgan fingerprint density at radius 2 is 2.31 bits per heavy atom. The number of oxime groups is 1. The van der Waals surface area contributed by atoms with E-state index in [1.165, 1.54) is 7.11 Å². The van der Waals surface area contributed by atoms with Gasteiger partial charge in [0.1, 0.15) is 7.11 Å². The zero-order valence-electron chi connectivity index (χ0n) is 14.9. The van der Waals surface area contributed by atoms with Crippen molar-refractivity contribution < 1.29 is 19.8 Å². The molecule has 4 aliphatic rings. The second kappa shape index (κ2) is 5.24. The van der Waals surface area contributed by atoms with Gasteiger partial charge in [-0.1, -0.05) is 17.3 Å². The number of hydrogen-bond donors (Lipinski definition) is 2. The summed E-state index contributed by atoms with van der Waals surface area (Å²) in [6.45, 7) is 5.50. The molecule has 1 aromatic rings. The summed E-state index contributed by atoms with van der Waals surface area (Å²) >= 11 is 0. The van der Waals surface area contributed by atoms with Gasteiger partial charge in [0.05, 0.1) is 16.7 Å². The summed E-state index contributed by atoms with van der Waals surface area (Å²) in [6.07, 6.45) is 4.26. The standard InChI is InChI=1S/C20H24N2O4/c1-3-9-22-10-8-19-16-12-4-5-14(23)17(16)26-18(19)13(21-25-2)6-7-20(19,24)15(22)11-12/h3-5,15,18,23-24H,1,6-11H2,2H3/b21-13-/t15-,18+,19+,20-/m1/s1. The van der Waals surface area contributed by atoms with Crippen LogP contribution in [0, 0.1) is 0 Å². The highest BCUT2D eigenvalue weighted by Crippen LogP contribution is 2.64. The molecule has 2 aliphatic heterocycles. The van der Waals surface area contributed by atoms with E-state index in [4.69, 9.17) is 9.57 Å². The van der Waals surface area contributed by atoms with E-state index >= 15 is 0 Å². The molecule has 2 fully saturated rings. The number of phenolic OH excluding ortho intramolecular Hbond substituents is 1. The molecule has 0 amide bonds. The summed E-state index contributed by atoms with van der Waals surface area (Å²) in [5.74, 6) is 0.658. The first kappa shape index (κ1) is 16.1. The van der Waals surface area contributed by atoms with Gasteiger partial charge in [0.25, 0.3) is 0 Å². The second-order valence-corrected chi connectivity index (χ2v) is 7.86. The van der Waals surface area contributed by atoms with Gasteiger partial charge in [0.2, 0.25) is 0 Å². The van der Waals surface area contributed by atoms with Crippen molar-refractivity contribution in [3.05, 3.63) is 35.9 Å². The highest BCUT2D eigenvalue weighted by molar-refractivity contribution is 5.94. The Kier molecular flexibility index (Phi) is 3.25. The van der Waals surface area contributed by atoms with Crippen LogP contribution in [0.2, 0.25) is 0 Å². The summed E-state index contributed by atoms with van der Waals surface area (Å²) in [7, 11) is 1.53. The zero-order valence-corrected chi connectivity index (χ0v) is 14.9. The maximum absolute atomic E-state index is 12.1. The molecule has 26 heavy (non-hydrogen) atoms. The van der Waals surface area contributed by atoms with E-state index < -0.39 is 17.1 Å². The van der Waals surface area contributed by atoms with Crippen LogP contribution in [0.4, 0.5) is 0 Å². The third kappa shape index (κ3) is 1.67. The third-order valence-corrected chi connectivity index (χ3v) is 6.96. The summed E-state index contributed by atoms with van der Waals surface area (Å²) in [5.41, 5.74) is 1.46. The highest BCUT2D eigenvalue weighted by atomic mass is 16.6. The first-order valence-electron chi connectivity index (χ1n) is 9.26. The van der Waals surface area contributed by atoms with Gasteiger partial charge in [-0.2, -0.15) is 0 Å². The van der Waals surface area contributed by atoms with Gasteiger partial charge in [0, 0.05) is 24.7 Å². The maximum atomic E-state index is 12.1. The fourth-order valence-electron chi connectivity index (χ4n) is 6.02. The Morgan fingerprint density at radius 3 is 3.08 bits per heavy atom. The molecule has 6 nitrogen and oxygen atoms in total. The summed E-state index contributed by atoms with van der Waals surface area (Å²) in [6, 6.07) is 3.69. The van der Waals surface area contributed by atoms with Crippen LogP contribution in [0.1, 0.15) is 30.4 Å². The summed E-state index contributed by atoms with van der Waals surface area (Å²) in [4.78, 5) is 7.40. The minimum atomic E-state index is -0.919. The predicted octanol–water partition coefficient (Wildman–Crippen LogP) is 1.73. The molecule has 2 aliphatic carbocycles. The fraction of sp³-hybridized carbons (Fsp3) is 0.550. The largest absolute Gasteiger partial charge is 0.504 e. The van der Waals surface area contributed by atoms with Crippen molar-refractivity contribution in [1.29, 1.82) is 0 Å². The number of aromatic hydroxyl groups is 1. The summed E-state index contributed by atoms with van der Waals surface area (Å²) in [5, 5.41) is 26.7. The topological polar surface area (TPSA) is 74.5 Å². The van der Waals surface area contributed by atoms with Crippen LogP contribution in [0.5, 0.6) is 11.5 Å². The Labute approximate surface area is 152 Å². The lowest BCUT2D eigenvalue weighted by molar-refractivity contribution is -0.164. The number of phenols is 1. The molecule has 1 saturated carbocycles. The molecular formula is C20H24N2O4. The monoisotopic (exact) mass is 356 g/mol. The van der Waals surface area contributed by atoms with E-state index in [-0.39, 0.29) is 11.8 Å². The average molecular weight is 356 g/mol. The first-order valence-corrected chi connectivity index (χ1v) is 9.26. The SMILES string of the molecule is C=CCN1CC[C@]23c4c5ccc(O)c4O[C@H]2/C(=N\OC)CC[C@@]3(O)[C@H]1C5. The quantitative estimate of drug-likeness (QED) is 0.637. The molecule has 0 unspecified atom stereocenters. The van der Waals surface area contributed by atoms with Crippen molar-refractivity contribution in [1.82, 2.24) is 4.90 Å². The van der Waals surface area contributed by atoms with E-state index in [1.807, 2.05) is 12.1 Å². The van der Waals surface area contributed by atoms with Crippen LogP contribution < -0.4 is 4.74 Å². The van der Waals surface area contributed by atoms with Gasteiger partial charge >= 0.3 is 0 Å². The lowest BCUT2D eigenvalue weighted by atomic mass is 9.49. The van der Waals surface area contributed by atoms with E-state index in [0.29, 0.717) is 18.6 Å². The molecule has 2 heterocycles. The van der Waals surface area contributed by atoms with Crippen LogP contribution >= 0.6 is 0 Å². The minimum absolute atomic E-state index is 0.00689. The fourth-order valence-corrected chi connectivity index (χ4v) is 6.02. The Hall–Kier alpha value is -2.05. The van der Waals surface area contributed by atoms with Crippen molar-refractivity contribution >= 4 is 5.71 Å². The highest BCUT2D eigenvalue weighted by Gasteiger charge is 2.72. The van der Waals surface area contributed by atoms with Crippen LogP contribution in [0.15, 0.2) is 29.9 Å². The van der Waals surface area contributed by atoms with E-state index in [0.717, 1.165) is 42.8 Å². The number of nitrogens with zero attached hydrogens (tertiary/aromatic N) is 2. The van der Waals surface area contributed by atoms with Gasteiger partial charge in [-0.25, -0.2) is 0 Å². The molecule has 2 bridgehead atoms. The van der Waals surface area contributed by atoms with Crippen LogP contribution in [-0.2, 0) is 16.7 Å². The van der Waals surface area contributed by atoms with Crippen LogP contribution in [0.25, 0.3) is 0 Å². The molecule has 138 valence electrons. The molecule has 0 radical (unpaired) electrons. The lowest BCUT2D eigenvalue weighted by Crippen LogP contribution is -2.76. The molecule has 0 aromatic heterocycles. The number of ether oxygens (including phenoxy) is 1. The summed E-state index contributed by atoms with van der Waals surface area (Å²) < 4.78 is 6.28. The Morgan fingerprint density at radius 1 is 1.46 bits per heavy atom. The number of aliphatic hydroxyl groups is 1. The molecule has 6 heteroatoms. The zero-order chi connectivity index (χ0) is 18.1. The van der Waals surface area contributed by atoms with Crippen molar-refractivity contribution in [3.63, 3.8) is 0 Å². The van der Waals surface area contributed by atoms with Gasteiger partial charge in [-0.05, 0) is 37.3 Å². The Bertz CT molecular complexity index is 822. The molecule has 1 spiro atoms. The number of likely N-dealkylation sites (tertiary alicyclic amines) is 1. The number of piperidine rings is 1. The van der Waals surface area contributed by atoms with Gasteiger partial charge in [-0.3, -0.25) is 4.90 Å². The molecule has 4 atom stereocenters. The second-order valence-electron chi connectivity index (χ2n) is 7.86. The Balaban J connectivity index is 1.77. The van der Waals surface area contributed by atoms with Crippen molar-refractivity contribution in [3.8, 4) is 11.5 Å². The van der Waals surface area contributed by atoms with Gasteiger partial charge in [-0.15, -0.1) is 6.58 Å². The number of hydrogen-bond acceptors (Lipinski definition) is 6.